The molecule has 1 heterocycles. The molecule has 0 bridgehead atoms. The minimum atomic E-state index is -4.37. The van der Waals surface area contributed by atoms with Gasteiger partial charge in [0, 0.05) is 10.4 Å². The number of hydrogen-bond acceptors (Lipinski definition) is 1. The first-order chi connectivity index (χ1) is 11.4. The molecule has 0 saturated carbocycles. The normalized spacial score (nSPS) is 25.1. The highest BCUT2D eigenvalue weighted by molar-refractivity contribution is 9.10. The molecule has 0 unspecified atom stereocenters. The number of alkyl halides is 3. The van der Waals surface area contributed by atoms with Crippen LogP contribution in [0.5, 0.6) is 0 Å². The molecule has 1 aliphatic carbocycles. The monoisotopic (exact) mass is 393 g/mol. The molecule has 124 valence electrons. The Bertz CT molecular complexity index is 812. The number of benzene rings is 2. The Kier molecular flexibility index (Phi) is 3.71. The second kappa shape index (κ2) is 5.66. The molecule has 2 aromatic carbocycles. The standard InChI is InChI=1S/C19H15BrF3N/c20-12-5-1-4-11(10-12)17-14-7-2-6-13(14)15-8-3-9-16(18(15)24-17)19(21,22)23/h1-6,8-10,13-14,17,24H,7H2/t13-,14+,17+/m1/s1. The zero-order chi connectivity index (χ0) is 16.9. The van der Waals surface area contributed by atoms with Crippen LogP contribution in [0.15, 0.2) is 59.1 Å². The summed E-state index contributed by atoms with van der Waals surface area (Å²) in [4.78, 5) is 0. The van der Waals surface area contributed by atoms with Crippen LogP contribution in [0.4, 0.5) is 18.9 Å². The van der Waals surface area contributed by atoms with Crippen molar-refractivity contribution < 1.29 is 13.2 Å². The van der Waals surface area contributed by atoms with Crippen LogP contribution in [0.25, 0.3) is 0 Å². The van der Waals surface area contributed by atoms with E-state index in [1.807, 2.05) is 30.3 Å². The van der Waals surface area contributed by atoms with E-state index in [0.29, 0.717) is 0 Å². The van der Waals surface area contributed by atoms with Gasteiger partial charge in [0.15, 0.2) is 0 Å². The average molecular weight is 394 g/mol. The number of halogens is 4. The van der Waals surface area contributed by atoms with Gasteiger partial charge in [-0.2, -0.15) is 13.2 Å². The van der Waals surface area contributed by atoms with Gasteiger partial charge in [0.2, 0.25) is 0 Å². The minimum absolute atomic E-state index is 0.0209. The summed E-state index contributed by atoms with van der Waals surface area (Å²) in [5, 5.41) is 3.21. The third-order valence-corrected chi connectivity index (χ3v) is 5.40. The van der Waals surface area contributed by atoms with Crippen LogP contribution in [-0.4, -0.2) is 0 Å². The molecule has 24 heavy (non-hydrogen) atoms. The first-order valence-electron chi connectivity index (χ1n) is 7.84. The molecular formula is C19H15BrF3N. The van der Waals surface area contributed by atoms with Crippen molar-refractivity contribution in [2.24, 2.45) is 5.92 Å². The second-order valence-electron chi connectivity index (χ2n) is 6.30. The van der Waals surface area contributed by atoms with Crippen LogP contribution in [0.2, 0.25) is 0 Å². The Morgan fingerprint density at radius 2 is 1.88 bits per heavy atom. The molecular weight excluding hydrogens is 379 g/mol. The van der Waals surface area contributed by atoms with Crippen molar-refractivity contribution in [1.29, 1.82) is 0 Å². The number of rotatable bonds is 1. The predicted molar refractivity (Wildman–Crippen MR) is 91.9 cm³/mol. The van der Waals surface area contributed by atoms with Crippen molar-refractivity contribution >= 4 is 21.6 Å². The first kappa shape index (κ1) is 15.8. The molecule has 0 spiro atoms. The minimum Gasteiger partial charge on any atom is -0.377 e. The fourth-order valence-corrected chi connectivity index (χ4v) is 4.30. The number of anilines is 1. The summed E-state index contributed by atoms with van der Waals surface area (Å²) in [7, 11) is 0. The Morgan fingerprint density at radius 1 is 1.08 bits per heavy atom. The SMILES string of the molecule is FC(F)(F)c1cccc2c1N[C@@H](c1cccc(Br)c1)[C@H]1CC=C[C@@H]21. The third-order valence-electron chi connectivity index (χ3n) is 4.91. The van der Waals surface area contributed by atoms with Crippen LogP contribution in [-0.2, 0) is 6.18 Å². The van der Waals surface area contributed by atoms with Gasteiger partial charge >= 0.3 is 6.18 Å². The van der Waals surface area contributed by atoms with Crippen molar-refractivity contribution in [3.8, 4) is 0 Å². The molecule has 1 N–H and O–H groups in total. The largest absolute Gasteiger partial charge is 0.418 e. The highest BCUT2D eigenvalue weighted by Gasteiger charge is 2.42. The van der Waals surface area contributed by atoms with Crippen molar-refractivity contribution in [2.45, 2.75) is 24.6 Å². The van der Waals surface area contributed by atoms with Gasteiger partial charge in [-0.05, 0) is 41.7 Å². The van der Waals surface area contributed by atoms with Crippen LogP contribution < -0.4 is 5.32 Å². The van der Waals surface area contributed by atoms with E-state index in [2.05, 4.69) is 33.4 Å². The molecule has 5 heteroatoms. The Balaban J connectivity index is 1.85. The maximum Gasteiger partial charge on any atom is 0.418 e. The molecule has 0 radical (unpaired) electrons. The fraction of sp³-hybridized carbons (Fsp3) is 0.263. The van der Waals surface area contributed by atoms with E-state index in [0.717, 1.165) is 28.1 Å². The van der Waals surface area contributed by atoms with E-state index < -0.39 is 11.7 Å². The lowest BCUT2D eigenvalue weighted by molar-refractivity contribution is -0.137. The molecule has 4 rings (SSSR count). The summed E-state index contributed by atoms with van der Waals surface area (Å²) in [6.45, 7) is 0. The van der Waals surface area contributed by atoms with Crippen LogP contribution >= 0.6 is 15.9 Å². The van der Waals surface area contributed by atoms with Crippen LogP contribution in [0, 0.1) is 5.92 Å². The third kappa shape index (κ3) is 2.55. The maximum absolute atomic E-state index is 13.4. The van der Waals surface area contributed by atoms with Crippen LogP contribution in [0.3, 0.4) is 0 Å². The number of hydrogen-bond donors (Lipinski definition) is 1. The van der Waals surface area contributed by atoms with E-state index in [1.54, 1.807) is 0 Å². The molecule has 3 atom stereocenters. The molecule has 2 aliphatic rings. The molecule has 1 aliphatic heterocycles. The number of fused-ring (bicyclic) bond motifs is 3. The fourth-order valence-electron chi connectivity index (χ4n) is 3.89. The molecule has 1 nitrogen and oxygen atoms in total. The van der Waals surface area contributed by atoms with Gasteiger partial charge in [-0.1, -0.05) is 52.3 Å². The summed E-state index contributed by atoms with van der Waals surface area (Å²) in [6, 6.07) is 12.1. The van der Waals surface area contributed by atoms with Crippen molar-refractivity contribution in [2.75, 3.05) is 5.32 Å². The van der Waals surface area contributed by atoms with Crippen molar-refractivity contribution in [1.82, 2.24) is 0 Å². The van der Waals surface area contributed by atoms with Crippen LogP contribution in [0.1, 0.15) is 35.1 Å². The lowest BCUT2D eigenvalue weighted by Crippen LogP contribution is -2.30. The van der Waals surface area contributed by atoms with Gasteiger partial charge in [-0.3, -0.25) is 0 Å². The highest BCUT2D eigenvalue weighted by atomic mass is 79.9. The zero-order valence-electron chi connectivity index (χ0n) is 12.6. The zero-order valence-corrected chi connectivity index (χ0v) is 14.2. The number of nitrogens with one attached hydrogen (secondary N) is 1. The maximum atomic E-state index is 13.4. The first-order valence-corrected chi connectivity index (χ1v) is 8.63. The lowest BCUT2D eigenvalue weighted by atomic mass is 9.76. The quantitative estimate of drug-likeness (QED) is 0.561. The summed E-state index contributed by atoms with van der Waals surface area (Å²) in [6.07, 6.45) is 0.632. The summed E-state index contributed by atoms with van der Waals surface area (Å²) in [5.74, 6) is 0.253. The number of allylic oxidation sites excluding steroid dienone is 2. The van der Waals surface area contributed by atoms with Gasteiger partial charge < -0.3 is 5.32 Å². The number of para-hydroxylation sites is 1. The molecule has 0 saturated heterocycles. The highest BCUT2D eigenvalue weighted by Crippen LogP contribution is 2.52. The summed E-state index contributed by atoms with van der Waals surface area (Å²) in [5.41, 5.74) is 1.39. The van der Waals surface area contributed by atoms with E-state index in [9.17, 15) is 13.2 Å². The van der Waals surface area contributed by atoms with Crippen molar-refractivity contribution in [3.63, 3.8) is 0 Å². The van der Waals surface area contributed by atoms with E-state index >= 15 is 0 Å². The lowest BCUT2D eigenvalue weighted by Gasteiger charge is -2.38. The van der Waals surface area contributed by atoms with Gasteiger partial charge in [0.1, 0.15) is 0 Å². The Hall–Kier alpha value is -1.75. The van der Waals surface area contributed by atoms with Gasteiger partial charge in [0.25, 0.3) is 0 Å². The topological polar surface area (TPSA) is 12.0 Å². The summed E-state index contributed by atoms with van der Waals surface area (Å²) >= 11 is 3.46. The molecule has 0 aromatic heterocycles. The Morgan fingerprint density at radius 3 is 2.62 bits per heavy atom. The van der Waals surface area contributed by atoms with Gasteiger partial charge in [-0.25, -0.2) is 0 Å². The predicted octanol–water partition coefficient (Wildman–Crippen LogP) is 6.29. The molecule has 0 fully saturated rings. The second-order valence-corrected chi connectivity index (χ2v) is 7.21. The smallest absolute Gasteiger partial charge is 0.377 e. The summed E-state index contributed by atoms with van der Waals surface area (Å²) < 4.78 is 41.3. The van der Waals surface area contributed by atoms with Crippen molar-refractivity contribution in [3.05, 3.63) is 75.8 Å². The van der Waals surface area contributed by atoms with Gasteiger partial charge in [-0.15, -0.1) is 0 Å². The van der Waals surface area contributed by atoms with E-state index in [1.165, 1.54) is 6.07 Å². The van der Waals surface area contributed by atoms with E-state index in [4.69, 9.17) is 0 Å². The average Bonchev–Trinajstić information content (AvgIpc) is 3.02. The molecule has 0 amide bonds. The van der Waals surface area contributed by atoms with Gasteiger partial charge in [0.05, 0.1) is 17.3 Å². The van der Waals surface area contributed by atoms with E-state index in [-0.39, 0.29) is 23.6 Å². The molecule has 2 aromatic rings. The Labute approximate surface area is 146 Å².